The molecule has 0 unspecified atom stereocenters. The number of aromatic amines is 1. The Morgan fingerprint density at radius 1 is 1.50 bits per heavy atom. The summed E-state index contributed by atoms with van der Waals surface area (Å²) < 4.78 is 44.8. The average Bonchev–Trinajstić information content (AvgIpc) is 2.90. The molecule has 0 saturated heterocycles. The highest BCUT2D eigenvalue weighted by atomic mass is 32.2. The van der Waals surface area contributed by atoms with Gasteiger partial charge in [-0.15, -0.1) is 0 Å². The van der Waals surface area contributed by atoms with Crippen LogP contribution < -0.4 is 9.46 Å². The molecule has 0 spiro atoms. The third kappa shape index (κ3) is 2.73. The number of sulfonamides is 1. The molecule has 1 aromatic carbocycles. The van der Waals surface area contributed by atoms with Crippen LogP contribution in [0.15, 0.2) is 29.4 Å². The molecule has 20 heavy (non-hydrogen) atoms. The number of benzene rings is 1. The van der Waals surface area contributed by atoms with Crippen LogP contribution in [0, 0.1) is 5.82 Å². The summed E-state index contributed by atoms with van der Waals surface area (Å²) in [6.45, 7) is -0.507. The van der Waals surface area contributed by atoms with Crippen molar-refractivity contribution in [2.24, 2.45) is 0 Å². The van der Waals surface area contributed by atoms with Gasteiger partial charge in [0.05, 0.1) is 25.6 Å². The van der Waals surface area contributed by atoms with Crippen LogP contribution in [0.1, 0.15) is 5.56 Å². The molecule has 3 N–H and O–H groups in total. The molecule has 0 aliphatic rings. The number of hydrogen-bond donors (Lipinski definition) is 3. The largest absolute Gasteiger partial charge is 0.497 e. The van der Waals surface area contributed by atoms with Crippen molar-refractivity contribution in [1.82, 2.24) is 10.2 Å². The van der Waals surface area contributed by atoms with Crippen molar-refractivity contribution in [3.05, 3.63) is 35.8 Å². The number of rotatable bonds is 5. The highest BCUT2D eigenvalue weighted by Gasteiger charge is 2.22. The maximum absolute atomic E-state index is 13.6. The van der Waals surface area contributed by atoms with Gasteiger partial charge >= 0.3 is 0 Å². The molecule has 0 fully saturated rings. The summed E-state index contributed by atoms with van der Waals surface area (Å²) >= 11 is 0. The van der Waals surface area contributed by atoms with Crippen LogP contribution in [-0.2, 0) is 16.6 Å². The van der Waals surface area contributed by atoms with Crippen molar-refractivity contribution in [3.63, 3.8) is 0 Å². The number of aromatic nitrogens is 2. The fourth-order valence-corrected chi connectivity index (χ4v) is 2.73. The number of hydrogen-bond acceptors (Lipinski definition) is 5. The zero-order valence-electron chi connectivity index (χ0n) is 10.4. The number of methoxy groups -OCH3 is 1. The van der Waals surface area contributed by atoms with Gasteiger partial charge in [-0.25, -0.2) is 4.39 Å². The molecule has 108 valence electrons. The van der Waals surface area contributed by atoms with Gasteiger partial charge in [-0.05, 0) is 12.1 Å². The topological polar surface area (TPSA) is 104 Å². The first kappa shape index (κ1) is 14.3. The fraction of sp³-hybridized carbons (Fsp3) is 0.182. The number of ether oxygens (including phenoxy) is 1. The zero-order valence-corrected chi connectivity index (χ0v) is 11.2. The summed E-state index contributed by atoms with van der Waals surface area (Å²) in [5.74, 6) is -0.449. The van der Waals surface area contributed by atoms with E-state index in [1.165, 1.54) is 25.4 Å². The Balaban J connectivity index is 2.38. The summed E-state index contributed by atoms with van der Waals surface area (Å²) in [6, 6.07) is 3.65. The van der Waals surface area contributed by atoms with Crippen LogP contribution in [-0.4, -0.2) is 30.8 Å². The maximum Gasteiger partial charge on any atom is 0.279 e. The second-order valence-electron chi connectivity index (χ2n) is 3.83. The van der Waals surface area contributed by atoms with Gasteiger partial charge in [0.15, 0.2) is 5.03 Å². The lowest BCUT2D eigenvalue weighted by atomic mass is 10.3. The Morgan fingerprint density at radius 3 is 2.90 bits per heavy atom. The number of anilines is 1. The molecule has 1 heterocycles. The SMILES string of the molecule is COc1ccc(F)c(NS(=O)(=O)c2[nH]ncc2CO)c1. The molecular formula is C11H12FN3O4S. The van der Waals surface area contributed by atoms with Gasteiger partial charge < -0.3 is 9.84 Å². The average molecular weight is 301 g/mol. The van der Waals surface area contributed by atoms with E-state index >= 15 is 0 Å². The van der Waals surface area contributed by atoms with E-state index in [4.69, 9.17) is 9.84 Å². The van der Waals surface area contributed by atoms with Gasteiger partial charge in [0.25, 0.3) is 10.0 Å². The first-order valence-electron chi connectivity index (χ1n) is 5.47. The highest BCUT2D eigenvalue weighted by molar-refractivity contribution is 7.92. The van der Waals surface area contributed by atoms with E-state index in [0.29, 0.717) is 5.75 Å². The molecule has 2 rings (SSSR count). The Bertz CT molecular complexity index is 714. The molecule has 0 aliphatic heterocycles. The number of H-pyrrole nitrogens is 1. The lowest BCUT2D eigenvalue weighted by Gasteiger charge is -2.09. The number of aliphatic hydroxyl groups excluding tert-OH is 1. The van der Waals surface area contributed by atoms with Crippen LogP contribution >= 0.6 is 0 Å². The van der Waals surface area contributed by atoms with E-state index in [1.54, 1.807) is 0 Å². The molecular weight excluding hydrogens is 289 g/mol. The van der Waals surface area contributed by atoms with E-state index < -0.39 is 22.4 Å². The molecule has 2 aromatic rings. The molecule has 0 atom stereocenters. The van der Waals surface area contributed by atoms with E-state index in [9.17, 15) is 12.8 Å². The Morgan fingerprint density at radius 2 is 2.25 bits per heavy atom. The quantitative estimate of drug-likeness (QED) is 0.759. The molecule has 1 aromatic heterocycles. The van der Waals surface area contributed by atoms with Crippen molar-refractivity contribution in [2.75, 3.05) is 11.8 Å². The molecule has 0 saturated carbocycles. The van der Waals surface area contributed by atoms with E-state index in [1.807, 2.05) is 0 Å². The van der Waals surface area contributed by atoms with Crippen LogP contribution in [0.4, 0.5) is 10.1 Å². The molecule has 0 aliphatic carbocycles. The van der Waals surface area contributed by atoms with Crippen LogP contribution in [0.25, 0.3) is 0 Å². The molecule has 0 amide bonds. The zero-order chi connectivity index (χ0) is 14.8. The minimum atomic E-state index is -4.08. The van der Waals surface area contributed by atoms with Gasteiger partial charge in [-0.3, -0.25) is 9.82 Å². The van der Waals surface area contributed by atoms with Crippen molar-refractivity contribution < 1.29 is 22.7 Å². The highest BCUT2D eigenvalue weighted by Crippen LogP contribution is 2.24. The van der Waals surface area contributed by atoms with Crippen LogP contribution in [0.5, 0.6) is 5.75 Å². The first-order chi connectivity index (χ1) is 9.47. The smallest absolute Gasteiger partial charge is 0.279 e. The van der Waals surface area contributed by atoms with E-state index in [-0.39, 0.29) is 16.3 Å². The Labute approximate surface area is 114 Å². The van der Waals surface area contributed by atoms with Crippen molar-refractivity contribution in [2.45, 2.75) is 11.6 Å². The predicted octanol–water partition coefficient (Wildman–Crippen LogP) is 0.851. The van der Waals surface area contributed by atoms with Crippen LogP contribution in [0.2, 0.25) is 0 Å². The Hall–Kier alpha value is -2.13. The maximum atomic E-state index is 13.6. The summed E-state index contributed by atoms with van der Waals surface area (Å²) in [4.78, 5) is 0. The monoisotopic (exact) mass is 301 g/mol. The number of nitrogens with zero attached hydrogens (tertiary/aromatic N) is 1. The third-order valence-corrected chi connectivity index (χ3v) is 3.91. The van der Waals surface area contributed by atoms with Gasteiger partial charge in [-0.1, -0.05) is 0 Å². The normalized spacial score (nSPS) is 11.3. The van der Waals surface area contributed by atoms with Gasteiger partial charge in [0, 0.05) is 11.6 Å². The summed E-state index contributed by atoms with van der Waals surface area (Å²) in [5, 5.41) is 14.5. The summed E-state index contributed by atoms with van der Waals surface area (Å²) in [6.07, 6.45) is 1.18. The lowest BCUT2D eigenvalue weighted by Crippen LogP contribution is -2.16. The van der Waals surface area contributed by atoms with Gasteiger partial charge in [0.2, 0.25) is 0 Å². The van der Waals surface area contributed by atoms with Crippen molar-refractivity contribution in [3.8, 4) is 5.75 Å². The summed E-state index contributed by atoms with van der Waals surface area (Å²) in [7, 11) is -2.70. The van der Waals surface area contributed by atoms with E-state index in [2.05, 4.69) is 14.9 Å². The summed E-state index contributed by atoms with van der Waals surface area (Å²) in [5.41, 5.74) is -0.177. The van der Waals surface area contributed by atoms with Gasteiger partial charge in [-0.2, -0.15) is 13.5 Å². The molecule has 7 nitrogen and oxygen atoms in total. The third-order valence-electron chi connectivity index (χ3n) is 2.54. The van der Waals surface area contributed by atoms with Gasteiger partial charge in [0.1, 0.15) is 11.6 Å². The minimum Gasteiger partial charge on any atom is -0.497 e. The Kier molecular flexibility index (Phi) is 3.91. The number of nitrogens with one attached hydrogen (secondary N) is 2. The van der Waals surface area contributed by atoms with E-state index in [0.717, 1.165) is 6.07 Å². The number of aliphatic hydroxyl groups is 1. The number of halogens is 1. The lowest BCUT2D eigenvalue weighted by molar-refractivity contribution is 0.278. The minimum absolute atomic E-state index is 0.0841. The second-order valence-corrected chi connectivity index (χ2v) is 5.45. The molecule has 9 heteroatoms. The molecule has 0 radical (unpaired) electrons. The second kappa shape index (κ2) is 5.47. The fourth-order valence-electron chi connectivity index (χ4n) is 1.55. The van der Waals surface area contributed by atoms with Crippen LogP contribution in [0.3, 0.4) is 0 Å². The first-order valence-corrected chi connectivity index (χ1v) is 6.95. The molecule has 0 bridgehead atoms. The standard InChI is InChI=1S/C11H12FN3O4S/c1-19-8-2-3-9(12)10(4-8)15-20(17,18)11-7(6-16)5-13-14-11/h2-5,15-16H,6H2,1H3,(H,13,14). The van der Waals surface area contributed by atoms with Crippen molar-refractivity contribution >= 4 is 15.7 Å². The van der Waals surface area contributed by atoms with Crippen molar-refractivity contribution in [1.29, 1.82) is 0 Å². The predicted molar refractivity (Wildman–Crippen MR) is 68.3 cm³/mol.